The number of alkyl halides is 3. The number of ether oxygens (including phenoxy) is 2. The van der Waals surface area contributed by atoms with E-state index in [2.05, 4.69) is 10.1 Å². The molecule has 152 valence electrons. The highest BCUT2D eigenvalue weighted by Gasteiger charge is 2.41. The number of pyridine rings is 1. The maximum atomic E-state index is 13.7. The fourth-order valence-corrected chi connectivity index (χ4v) is 2.87. The number of hydrogen-bond donors (Lipinski definition) is 0. The van der Waals surface area contributed by atoms with E-state index in [4.69, 9.17) is 9.47 Å². The van der Waals surface area contributed by atoms with E-state index in [1.54, 1.807) is 18.2 Å². The number of rotatable bonds is 5. The number of hydrogen-bond acceptors (Lipinski definition) is 5. The Hall–Kier alpha value is -3.36. The third-order valence-electron chi connectivity index (χ3n) is 4.12. The van der Waals surface area contributed by atoms with Crippen molar-refractivity contribution < 1.29 is 27.4 Å². The predicted octanol–water partition coefficient (Wildman–Crippen LogP) is 4.45. The summed E-state index contributed by atoms with van der Waals surface area (Å²) in [6, 6.07) is 10.0. The van der Waals surface area contributed by atoms with E-state index in [0.717, 1.165) is 11.8 Å². The average Bonchev–Trinajstić information content (AvgIpc) is 3.14. The van der Waals surface area contributed by atoms with Gasteiger partial charge in [-0.2, -0.15) is 18.3 Å². The zero-order chi connectivity index (χ0) is 21.2. The first-order valence-corrected chi connectivity index (χ1v) is 8.71. The van der Waals surface area contributed by atoms with Gasteiger partial charge in [0.05, 0.1) is 25.6 Å². The molecule has 29 heavy (non-hydrogen) atoms. The number of nitrogens with zero attached hydrogens (tertiary/aromatic N) is 3. The van der Waals surface area contributed by atoms with Crippen molar-refractivity contribution in [3.05, 3.63) is 59.4 Å². The lowest BCUT2D eigenvalue weighted by molar-refractivity contribution is -0.143. The van der Waals surface area contributed by atoms with Crippen LogP contribution in [0.4, 0.5) is 13.2 Å². The molecule has 0 N–H and O–H groups in total. The van der Waals surface area contributed by atoms with Gasteiger partial charge >= 0.3 is 12.1 Å². The minimum atomic E-state index is -4.84. The molecule has 9 heteroatoms. The second kappa shape index (κ2) is 7.94. The Kier molecular flexibility index (Phi) is 5.58. The van der Waals surface area contributed by atoms with Gasteiger partial charge in [-0.05, 0) is 38.1 Å². The lowest BCUT2D eigenvalue weighted by Crippen LogP contribution is -2.19. The number of esters is 1. The SMILES string of the molecule is CCOC(=O)c1cnn(-c2cccc(-c3cc(C)ccc3OC)n2)c1C(F)(F)F. The number of benzene rings is 1. The highest BCUT2D eigenvalue weighted by Crippen LogP contribution is 2.35. The minimum Gasteiger partial charge on any atom is -0.496 e. The Morgan fingerprint density at radius 1 is 1.21 bits per heavy atom. The molecule has 0 unspecified atom stereocenters. The molecule has 0 saturated carbocycles. The van der Waals surface area contributed by atoms with Crippen molar-refractivity contribution in [1.82, 2.24) is 14.8 Å². The topological polar surface area (TPSA) is 66.2 Å². The molecule has 0 aliphatic carbocycles. The molecule has 3 aromatic rings. The highest BCUT2D eigenvalue weighted by atomic mass is 19.4. The predicted molar refractivity (Wildman–Crippen MR) is 99.0 cm³/mol. The minimum absolute atomic E-state index is 0.0534. The molecular formula is C20H18F3N3O3. The summed E-state index contributed by atoms with van der Waals surface area (Å²) in [5.41, 5.74) is 0.0641. The Morgan fingerprint density at radius 3 is 2.62 bits per heavy atom. The summed E-state index contributed by atoms with van der Waals surface area (Å²) in [7, 11) is 1.50. The summed E-state index contributed by atoms with van der Waals surface area (Å²) >= 11 is 0. The molecule has 0 saturated heterocycles. The van der Waals surface area contributed by atoms with Crippen molar-refractivity contribution in [2.75, 3.05) is 13.7 Å². The van der Waals surface area contributed by atoms with Gasteiger partial charge in [-0.15, -0.1) is 0 Å². The van der Waals surface area contributed by atoms with Gasteiger partial charge in [0.15, 0.2) is 11.5 Å². The fraction of sp³-hybridized carbons (Fsp3) is 0.250. The molecule has 0 spiro atoms. The van der Waals surface area contributed by atoms with Crippen LogP contribution in [0.15, 0.2) is 42.6 Å². The van der Waals surface area contributed by atoms with Crippen molar-refractivity contribution >= 4 is 5.97 Å². The van der Waals surface area contributed by atoms with Crippen molar-refractivity contribution in [1.29, 1.82) is 0 Å². The van der Waals surface area contributed by atoms with E-state index in [1.165, 1.54) is 20.1 Å². The van der Waals surface area contributed by atoms with Crippen LogP contribution in [-0.2, 0) is 10.9 Å². The molecule has 0 fully saturated rings. The number of carbonyl (C=O) groups is 1. The molecule has 2 heterocycles. The van der Waals surface area contributed by atoms with Crippen LogP contribution in [0.25, 0.3) is 17.1 Å². The lowest BCUT2D eigenvalue weighted by Gasteiger charge is -2.13. The summed E-state index contributed by atoms with van der Waals surface area (Å²) < 4.78 is 51.8. The van der Waals surface area contributed by atoms with E-state index in [-0.39, 0.29) is 12.4 Å². The van der Waals surface area contributed by atoms with Crippen LogP contribution in [0, 0.1) is 6.92 Å². The van der Waals surface area contributed by atoms with Crippen LogP contribution in [0.5, 0.6) is 5.75 Å². The summed E-state index contributed by atoms with van der Waals surface area (Å²) in [6.45, 7) is 3.34. The van der Waals surface area contributed by atoms with E-state index in [1.807, 2.05) is 19.1 Å². The van der Waals surface area contributed by atoms with E-state index in [0.29, 0.717) is 21.7 Å². The molecular weight excluding hydrogens is 387 g/mol. The zero-order valence-electron chi connectivity index (χ0n) is 15.9. The standard InChI is InChI=1S/C20H18F3N3O3/c1-4-29-19(27)14-11-24-26(18(14)20(21,22)23)17-7-5-6-15(25-17)13-10-12(2)8-9-16(13)28-3/h5-11H,4H2,1-3H3. The largest absolute Gasteiger partial charge is 0.496 e. The molecule has 0 aliphatic heterocycles. The van der Waals surface area contributed by atoms with Crippen LogP contribution >= 0.6 is 0 Å². The summed E-state index contributed by atoms with van der Waals surface area (Å²) in [5.74, 6) is -0.652. The molecule has 0 radical (unpaired) electrons. The van der Waals surface area contributed by atoms with Crippen molar-refractivity contribution in [3.63, 3.8) is 0 Å². The van der Waals surface area contributed by atoms with Crippen LogP contribution in [-0.4, -0.2) is 34.5 Å². The first-order chi connectivity index (χ1) is 13.8. The smallest absolute Gasteiger partial charge is 0.434 e. The van der Waals surface area contributed by atoms with Gasteiger partial charge in [-0.3, -0.25) is 0 Å². The molecule has 3 rings (SSSR count). The van der Waals surface area contributed by atoms with E-state index >= 15 is 0 Å². The number of aromatic nitrogens is 3. The van der Waals surface area contributed by atoms with Crippen molar-refractivity contribution in [2.24, 2.45) is 0 Å². The molecule has 6 nitrogen and oxygen atoms in total. The van der Waals surface area contributed by atoms with Crippen LogP contribution < -0.4 is 4.74 Å². The van der Waals surface area contributed by atoms with Crippen molar-refractivity contribution in [2.45, 2.75) is 20.0 Å². The van der Waals surface area contributed by atoms with E-state index in [9.17, 15) is 18.0 Å². The lowest BCUT2D eigenvalue weighted by atomic mass is 10.1. The Balaban J connectivity index is 2.15. The third-order valence-corrected chi connectivity index (χ3v) is 4.12. The van der Waals surface area contributed by atoms with Crippen LogP contribution in [0.3, 0.4) is 0 Å². The number of carbonyl (C=O) groups excluding carboxylic acids is 1. The van der Waals surface area contributed by atoms with Crippen LogP contribution in [0.2, 0.25) is 0 Å². The monoisotopic (exact) mass is 405 g/mol. The Morgan fingerprint density at radius 2 is 1.97 bits per heavy atom. The number of aryl methyl sites for hydroxylation is 1. The molecule has 0 amide bonds. The Bertz CT molecular complexity index is 1040. The van der Waals surface area contributed by atoms with E-state index < -0.39 is 23.4 Å². The summed E-state index contributed by atoms with van der Waals surface area (Å²) in [6.07, 6.45) is -4.00. The first-order valence-electron chi connectivity index (χ1n) is 8.71. The van der Waals surface area contributed by atoms with Gasteiger partial charge in [-0.25, -0.2) is 14.5 Å². The van der Waals surface area contributed by atoms with Gasteiger partial charge in [0, 0.05) is 5.56 Å². The number of halogens is 3. The van der Waals surface area contributed by atoms with Gasteiger partial charge in [0.1, 0.15) is 11.3 Å². The second-order valence-electron chi connectivity index (χ2n) is 6.12. The molecule has 2 aromatic heterocycles. The first kappa shape index (κ1) is 20.4. The normalized spacial score (nSPS) is 11.4. The molecule has 1 aromatic carbocycles. The van der Waals surface area contributed by atoms with Crippen molar-refractivity contribution in [3.8, 4) is 22.8 Å². The molecule has 0 atom stereocenters. The van der Waals surface area contributed by atoms with Crippen LogP contribution in [0.1, 0.15) is 28.5 Å². The van der Waals surface area contributed by atoms with Gasteiger partial charge in [-0.1, -0.05) is 17.7 Å². The second-order valence-corrected chi connectivity index (χ2v) is 6.12. The number of methoxy groups -OCH3 is 1. The third kappa shape index (κ3) is 4.08. The Labute approximate surface area is 164 Å². The average molecular weight is 405 g/mol. The quantitative estimate of drug-likeness (QED) is 0.587. The summed E-state index contributed by atoms with van der Waals surface area (Å²) in [5, 5.41) is 3.75. The van der Waals surface area contributed by atoms with Gasteiger partial charge in [0.2, 0.25) is 0 Å². The maximum absolute atomic E-state index is 13.7. The highest BCUT2D eigenvalue weighted by molar-refractivity contribution is 5.90. The summed E-state index contributed by atoms with van der Waals surface area (Å²) in [4.78, 5) is 16.3. The molecule has 0 bridgehead atoms. The maximum Gasteiger partial charge on any atom is 0.434 e. The zero-order valence-corrected chi connectivity index (χ0v) is 15.9. The fourth-order valence-electron chi connectivity index (χ4n) is 2.87. The van der Waals surface area contributed by atoms with Gasteiger partial charge in [0.25, 0.3) is 0 Å². The molecule has 0 aliphatic rings. The van der Waals surface area contributed by atoms with Gasteiger partial charge < -0.3 is 9.47 Å².